The van der Waals surface area contributed by atoms with Crippen LogP contribution >= 0.6 is 0 Å². The van der Waals surface area contributed by atoms with E-state index in [4.69, 9.17) is 0 Å². The van der Waals surface area contributed by atoms with Gasteiger partial charge in [0.15, 0.2) is 5.82 Å². The lowest BCUT2D eigenvalue weighted by molar-refractivity contribution is -0.120. The number of aryl methyl sites for hydroxylation is 1. The summed E-state index contributed by atoms with van der Waals surface area (Å²) in [5.41, 5.74) is 3.22. The topological polar surface area (TPSA) is 84.7 Å². The van der Waals surface area contributed by atoms with Gasteiger partial charge in [-0.15, -0.1) is 10.2 Å². The first kappa shape index (κ1) is 15.9. The monoisotopic (exact) mass is 302 g/mol. The lowest BCUT2D eigenvalue weighted by Crippen LogP contribution is -2.28. The van der Waals surface area contributed by atoms with E-state index < -0.39 is 0 Å². The third-order valence-electron chi connectivity index (χ3n) is 3.59. The van der Waals surface area contributed by atoms with Crippen LogP contribution in [0, 0.1) is 20.8 Å². The molecule has 0 aliphatic heterocycles. The summed E-state index contributed by atoms with van der Waals surface area (Å²) >= 11 is 0. The maximum atomic E-state index is 11.1. The smallest absolute Gasteiger partial charge is 0.219 e. The van der Waals surface area contributed by atoms with Gasteiger partial charge in [0.25, 0.3) is 0 Å². The van der Waals surface area contributed by atoms with Crippen molar-refractivity contribution in [1.82, 2.24) is 25.3 Å². The molecule has 0 fully saturated rings. The minimum Gasteiger partial charge on any atom is -0.367 e. The number of nitrogens with zero attached hydrogens (tertiary/aromatic N) is 4. The molecule has 0 atom stereocenters. The van der Waals surface area contributed by atoms with E-state index in [0.717, 1.165) is 17.0 Å². The van der Waals surface area contributed by atoms with E-state index >= 15 is 0 Å². The first-order valence-electron chi connectivity index (χ1n) is 7.40. The van der Waals surface area contributed by atoms with Gasteiger partial charge in [0, 0.05) is 25.2 Å². The Balaban J connectivity index is 1.95. The van der Waals surface area contributed by atoms with Crippen molar-refractivity contribution in [2.24, 2.45) is 0 Å². The number of aromatic nitrogens is 4. The van der Waals surface area contributed by atoms with Crippen LogP contribution in [0.5, 0.6) is 0 Å². The zero-order valence-corrected chi connectivity index (χ0v) is 13.5. The first-order chi connectivity index (χ1) is 10.5. The Morgan fingerprint density at radius 1 is 1.18 bits per heavy atom. The molecule has 0 bridgehead atoms. The van der Waals surface area contributed by atoms with E-state index in [1.54, 1.807) is 4.68 Å². The van der Waals surface area contributed by atoms with Gasteiger partial charge >= 0.3 is 0 Å². The molecule has 0 unspecified atom stereocenters. The number of carbonyl (C=O) groups excluding carboxylic acids is 1. The van der Waals surface area contributed by atoms with Crippen molar-refractivity contribution in [1.29, 1.82) is 0 Å². The number of hydrogen-bond acceptors (Lipinski definition) is 5. The van der Waals surface area contributed by atoms with Gasteiger partial charge in [-0.1, -0.05) is 6.92 Å². The summed E-state index contributed by atoms with van der Waals surface area (Å²) in [5, 5.41) is 18.7. The highest BCUT2D eigenvalue weighted by molar-refractivity contribution is 5.75. The molecule has 0 radical (unpaired) electrons. The molecular weight excluding hydrogens is 280 g/mol. The molecule has 2 rings (SSSR count). The van der Waals surface area contributed by atoms with Crippen LogP contribution in [0.15, 0.2) is 12.1 Å². The summed E-state index contributed by atoms with van der Waals surface area (Å²) in [5.74, 6) is 1.41. The van der Waals surface area contributed by atoms with Crippen LogP contribution < -0.4 is 10.6 Å². The molecule has 118 valence electrons. The number of hydrogen-bond donors (Lipinski definition) is 2. The molecule has 0 aliphatic carbocycles. The maximum Gasteiger partial charge on any atom is 0.219 e. The first-order valence-corrected chi connectivity index (χ1v) is 7.40. The number of carbonyl (C=O) groups is 1. The Hall–Kier alpha value is -2.44. The minimum absolute atomic E-state index is 0.0446. The molecular formula is C15H22N6O. The largest absolute Gasteiger partial charge is 0.367 e. The molecule has 0 saturated carbocycles. The third kappa shape index (κ3) is 3.60. The lowest BCUT2D eigenvalue weighted by atomic mass is 10.2. The summed E-state index contributed by atoms with van der Waals surface area (Å²) in [7, 11) is 0. The fourth-order valence-corrected chi connectivity index (χ4v) is 1.99. The molecule has 2 heterocycles. The number of anilines is 1. The van der Waals surface area contributed by atoms with Gasteiger partial charge < -0.3 is 10.6 Å². The van der Waals surface area contributed by atoms with Crippen LogP contribution in [-0.2, 0) is 4.79 Å². The van der Waals surface area contributed by atoms with Gasteiger partial charge in [-0.3, -0.25) is 4.79 Å². The SMILES string of the molecule is CCC(=O)NCCNc1ccc(-n2nc(C)c(C)c2C)nn1. The summed E-state index contributed by atoms with van der Waals surface area (Å²) in [4.78, 5) is 11.1. The van der Waals surface area contributed by atoms with Gasteiger partial charge in [-0.05, 0) is 38.5 Å². The molecule has 2 aromatic rings. The Bertz CT molecular complexity index is 647. The number of rotatable bonds is 6. The van der Waals surface area contributed by atoms with Crippen LogP contribution in [0.3, 0.4) is 0 Å². The number of amides is 1. The average molecular weight is 302 g/mol. The number of nitrogens with one attached hydrogen (secondary N) is 2. The fourth-order valence-electron chi connectivity index (χ4n) is 1.99. The molecule has 0 aromatic carbocycles. The summed E-state index contributed by atoms with van der Waals surface area (Å²) < 4.78 is 1.79. The predicted octanol–water partition coefficient (Wildman–Crippen LogP) is 1.53. The molecule has 2 N–H and O–H groups in total. The van der Waals surface area contributed by atoms with Gasteiger partial charge in [0.1, 0.15) is 5.82 Å². The van der Waals surface area contributed by atoms with Gasteiger partial charge in [-0.2, -0.15) is 5.10 Å². The van der Waals surface area contributed by atoms with Gasteiger partial charge in [0.05, 0.1) is 5.69 Å². The molecule has 7 heteroatoms. The lowest BCUT2D eigenvalue weighted by Gasteiger charge is -2.07. The predicted molar refractivity (Wildman–Crippen MR) is 85.2 cm³/mol. The standard InChI is InChI=1S/C15H22N6O/c1-5-15(22)17-9-8-16-13-6-7-14(19-18-13)21-12(4)10(2)11(3)20-21/h6-7H,5,8-9H2,1-4H3,(H,16,18)(H,17,22). The van der Waals surface area contributed by atoms with Gasteiger partial charge in [0.2, 0.25) is 5.91 Å². The van der Waals surface area contributed by atoms with Crippen molar-refractivity contribution in [2.75, 3.05) is 18.4 Å². The Morgan fingerprint density at radius 3 is 2.50 bits per heavy atom. The maximum absolute atomic E-state index is 11.1. The molecule has 7 nitrogen and oxygen atoms in total. The van der Waals surface area contributed by atoms with Crippen molar-refractivity contribution in [3.63, 3.8) is 0 Å². The molecule has 0 spiro atoms. The van der Waals surface area contributed by atoms with Crippen LogP contribution in [0.25, 0.3) is 5.82 Å². The Morgan fingerprint density at radius 2 is 1.95 bits per heavy atom. The van der Waals surface area contributed by atoms with Crippen molar-refractivity contribution in [3.8, 4) is 5.82 Å². The van der Waals surface area contributed by atoms with Crippen LogP contribution in [-0.4, -0.2) is 39.0 Å². The van der Waals surface area contributed by atoms with E-state index in [1.165, 1.54) is 0 Å². The van der Waals surface area contributed by atoms with Crippen molar-refractivity contribution >= 4 is 11.7 Å². The van der Waals surface area contributed by atoms with Crippen molar-refractivity contribution in [3.05, 3.63) is 29.1 Å². The summed E-state index contributed by atoms with van der Waals surface area (Å²) in [6.07, 6.45) is 0.497. The van der Waals surface area contributed by atoms with E-state index in [9.17, 15) is 4.79 Å². The summed E-state index contributed by atoms with van der Waals surface area (Å²) in [6.45, 7) is 9.04. The van der Waals surface area contributed by atoms with E-state index in [2.05, 4.69) is 25.9 Å². The zero-order valence-electron chi connectivity index (χ0n) is 13.5. The molecule has 1 amide bonds. The Kier molecular flexibility index (Phi) is 5.08. The molecule has 0 aliphatic rings. The molecule has 0 saturated heterocycles. The van der Waals surface area contributed by atoms with Crippen molar-refractivity contribution < 1.29 is 4.79 Å². The second-order valence-corrected chi connectivity index (χ2v) is 5.11. The average Bonchev–Trinajstić information content (AvgIpc) is 2.79. The second kappa shape index (κ2) is 7.02. The highest BCUT2D eigenvalue weighted by atomic mass is 16.1. The highest BCUT2D eigenvalue weighted by Gasteiger charge is 2.10. The molecule has 2 aromatic heterocycles. The van der Waals surface area contributed by atoms with E-state index in [-0.39, 0.29) is 5.91 Å². The van der Waals surface area contributed by atoms with Crippen LogP contribution in [0.2, 0.25) is 0 Å². The van der Waals surface area contributed by atoms with Gasteiger partial charge in [-0.25, -0.2) is 4.68 Å². The normalized spacial score (nSPS) is 10.5. The van der Waals surface area contributed by atoms with Crippen LogP contribution in [0.1, 0.15) is 30.3 Å². The van der Waals surface area contributed by atoms with E-state index in [0.29, 0.717) is 31.1 Å². The quantitative estimate of drug-likeness (QED) is 0.790. The van der Waals surface area contributed by atoms with Crippen molar-refractivity contribution in [2.45, 2.75) is 34.1 Å². The van der Waals surface area contributed by atoms with Crippen LogP contribution in [0.4, 0.5) is 5.82 Å². The summed E-state index contributed by atoms with van der Waals surface area (Å²) in [6, 6.07) is 3.73. The zero-order chi connectivity index (χ0) is 16.1. The molecule has 22 heavy (non-hydrogen) atoms. The highest BCUT2D eigenvalue weighted by Crippen LogP contribution is 2.15. The minimum atomic E-state index is 0.0446. The fraction of sp³-hybridized carbons (Fsp3) is 0.467. The third-order valence-corrected chi connectivity index (χ3v) is 3.59. The second-order valence-electron chi connectivity index (χ2n) is 5.11. The van der Waals surface area contributed by atoms with E-state index in [1.807, 2.05) is 39.8 Å². The Labute approximate surface area is 130 Å².